The quantitative estimate of drug-likeness (QED) is 0.815. The largest absolute Gasteiger partial charge is 0.488 e. The third-order valence-corrected chi connectivity index (χ3v) is 5.88. The summed E-state index contributed by atoms with van der Waals surface area (Å²) in [6, 6.07) is 5.15. The highest BCUT2D eigenvalue weighted by atomic mass is 16.5. The highest BCUT2D eigenvalue weighted by Crippen LogP contribution is 2.40. The number of fused-ring (bicyclic) bond motifs is 3. The second kappa shape index (κ2) is 6.47. The Morgan fingerprint density at radius 3 is 2.75 bits per heavy atom. The van der Waals surface area contributed by atoms with E-state index < -0.39 is 0 Å². The Kier molecular flexibility index (Phi) is 3.92. The zero-order valence-electron chi connectivity index (χ0n) is 15.4. The fraction of sp³-hybridized carbons (Fsp3) is 0.400. The summed E-state index contributed by atoms with van der Waals surface area (Å²) in [6.07, 6.45) is 6.27. The lowest BCUT2D eigenvalue weighted by Crippen LogP contribution is -2.50. The summed E-state index contributed by atoms with van der Waals surface area (Å²) in [7, 11) is 0. The smallest absolute Gasteiger partial charge is 0.255 e. The van der Waals surface area contributed by atoms with Crippen LogP contribution < -0.4 is 15.1 Å². The number of anilines is 2. The van der Waals surface area contributed by atoms with Crippen molar-refractivity contribution >= 4 is 23.8 Å². The van der Waals surface area contributed by atoms with Crippen LogP contribution in [0.15, 0.2) is 30.6 Å². The first-order chi connectivity index (χ1) is 13.6. The third-order valence-electron chi connectivity index (χ3n) is 5.88. The minimum atomic E-state index is 0.0191. The molecule has 1 aliphatic carbocycles. The molecule has 0 aromatic carbocycles. The van der Waals surface area contributed by atoms with Gasteiger partial charge in [0.15, 0.2) is 11.6 Å². The van der Waals surface area contributed by atoms with E-state index in [9.17, 15) is 9.59 Å². The summed E-state index contributed by atoms with van der Waals surface area (Å²) < 4.78 is 6.97. The molecule has 1 saturated carbocycles. The summed E-state index contributed by atoms with van der Waals surface area (Å²) in [5.41, 5.74) is 1.40. The zero-order valence-corrected chi connectivity index (χ0v) is 15.4. The molecule has 1 amide bonds. The number of piperidine rings is 2. The van der Waals surface area contributed by atoms with Crippen LogP contribution in [0.1, 0.15) is 23.2 Å². The van der Waals surface area contributed by atoms with Crippen molar-refractivity contribution in [2.75, 3.05) is 31.1 Å². The van der Waals surface area contributed by atoms with Crippen LogP contribution in [-0.4, -0.2) is 53.0 Å². The summed E-state index contributed by atoms with van der Waals surface area (Å²) in [5, 5.41) is 7.94. The second-order valence-corrected chi connectivity index (χ2v) is 7.74. The molecular formula is C20H21N5O3. The SMILES string of the molecule is N=c1cc(N2CCOc3cc(C(=O)N4CC5CC(C5)C4)cnc32)ccn1C=O. The Morgan fingerprint density at radius 2 is 2.04 bits per heavy atom. The maximum atomic E-state index is 12.9. The Bertz CT molecular complexity index is 1000. The maximum Gasteiger partial charge on any atom is 0.255 e. The molecule has 3 aliphatic heterocycles. The molecule has 5 heterocycles. The Labute approximate surface area is 161 Å². The van der Waals surface area contributed by atoms with E-state index in [1.165, 1.54) is 17.4 Å². The van der Waals surface area contributed by atoms with Crippen molar-refractivity contribution in [2.45, 2.75) is 12.8 Å². The molecule has 2 aromatic heterocycles. The molecule has 0 spiro atoms. The number of carbonyl (C=O) groups is 2. The van der Waals surface area contributed by atoms with E-state index in [-0.39, 0.29) is 11.4 Å². The first-order valence-electron chi connectivity index (χ1n) is 9.54. The summed E-state index contributed by atoms with van der Waals surface area (Å²) in [6.45, 7) is 2.71. The van der Waals surface area contributed by atoms with Gasteiger partial charge in [0.25, 0.3) is 5.91 Å². The summed E-state index contributed by atoms with van der Waals surface area (Å²) in [4.78, 5) is 32.2. The number of amides is 1. The molecule has 1 N–H and O–H groups in total. The van der Waals surface area contributed by atoms with Gasteiger partial charge in [0.2, 0.25) is 6.41 Å². The van der Waals surface area contributed by atoms with Crippen molar-refractivity contribution in [3.8, 4) is 5.75 Å². The molecule has 28 heavy (non-hydrogen) atoms. The molecule has 0 radical (unpaired) electrons. The normalized spacial score (nSPS) is 22.7. The van der Waals surface area contributed by atoms with Gasteiger partial charge in [-0.3, -0.25) is 19.6 Å². The third kappa shape index (κ3) is 2.76. The molecule has 144 valence electrons. The molecule has 4 aliphatic rings. The van der Waals surface area contributed by atoms with Gasteiger partial charge in [-0.05, 0) is 36.8 Å². The lowest BCUT2D eigenvalue weighted by Gasteiger charge is -2.47. The number of hydrogen-bond acceptors (Lipinski definition) is 6. The van der Waals surface area contributed by atoms with Crippen LogP contribution in [0.25, 0.3) is 0 Å². The monoisotopic (exact) mass is 379 g/mol. The van der Waals surface area contributed by atoms with E-state index in [1.807, 2.05) is 9.80 Å². The van der Waals surface area contributed by atoms with E-state index >= 15 is 0 Å². The minimum absolute atomic E-state index is 0.0191. The van der Waals surface area contributed by atoms with Gasteiger partial charge < -0.3 is 14.5 Å². The molecule has 2 aromatic rings. The maximum absolute atomic E-state index is 12.9. The number of aromatic nitrogens is 2. The van der Waals surface area contributed by atoms with Crippen molar-refractivity contribution in [2.24, 2.45) is 11.8 Å². The molecule has 0 atom stereocenters. The van der Waals surface area contributed by atoms with Crippen LogP contribution in [-0.2, 0) is 4.79 Å². The molecule has 3 fully saturated rings. The number of nitrogens with one attached hydrogen (secondary N) is 1. The molecule has 2 saturated heterocycles. The van der Waals surface area contributed by atoms with Crippen molar-refractivity contribution in [1.29, 1.82) is 5.41 Å². The number of ether oxygens (including phenoxy) is 1. The van der Waals surface area contributed by atoms with E-state index in [0.717, 1.165) is 18.8 Å². The number of nitrogens with zero attached hydrogens (tertiary/aromatic N) is 4. The van der Waals surface area contributed by atoms with Gasteiger partial charge in [0.1, 0.15) is 12.1 Å². The highest BCUT2D eigenvalue weighted by molar-refractivity contribution is 5.95. The standard InChI is InChI=1S/C20H21N5O3/c21-18-8-16(1-2-23(18)12-26)25-3-4-28-17-7-15(9-22-19(17)25)20(27)24-10-13-5-14(6-13)11-24/h1-2,7-9,12-14,21H,3-6,10-11H2. The van der Waals surface area contributed by atoms with Crippen LogP contribution in [0.2, 0.25) is 0 Å². The zero-order chi connectivity index (χ0) is 19.3. The van der Waals surface area contributed by atoms with E-state index in [2.05, 4.69) is 4.98 Å². The Balaban J connectivity index is 1.43. The molecule has 8 nitrogen and oxygen atoms in total. The first kappa shape index (κ1) is 17.0. The molecular weight excluding hydrogens is 358 g/mol. The van der Waals surface area contributed by atoms with Crippen LogP contribution in [0.3, 0.4) is 0 Å². The van der Waals surface area contributed by atoms with Crippen molar-refractivity contribution in [3.05, 3.63) is 41.6 Å². The van der Waals surface area contributed by atoms with Gasteiger partial charge >= 0.3 is 0 Å². The average Bonchev–Trinajstić information content (AvgIpc) is 2.72. The summed E-state index contributed by atoms with van der Waals surface area (Å²) in [5.74, 6) is 2.52. The van der Waals surface area contributed by atoms with Crippen LogP contribution in [0.4, 0.5) is 11.5 Å². The van der Waals surface area contributed by atoms with Gasteiger partial charge in [-0.15, -0.1) is 0 Å². The number of pyridine rings is 2. The Hall–Kier alpha value is -3.16. The fourth-order valence-corrected chi connectivity index (χ4v) is 4.45. The average molecular weight is 379 g/mol. The second-order valence-electron chi connectivity index (χ2n) is 7.74. The van der Waals surface area contributed by atoms with Gasteiger partial charge in [0, 0.05) is 37.2 Å². The molecule has 6 rings (SSSR count). The van der Waals surface area contributed by atoms with Gasteiger partial charge in [0.05, 0.1) is 12.1 Å². The van der Waals surface area contributed by atoms with E-state index in [0.29, 0.717) is 48.5 Å². The first-order valence-corrected chi connectivity index (χ1v) is 9.54. The van der Waals surface area contributed by atoms with E-state index in [1.54, 1.807) is 30.6 Å². The Morgan fingerprint density at radius 1 is 1.25 bits per heavy atom. The molecule has 2 bridgehead atoms. The summed E-state index contributed by atoms with van der Waals surface area (Å²) >= 11 is 0. The van der Waals surface area contributed by atoms with Gasteiger partial charge in [-0.2, -0.15) is 0 Å². The van der Waals surface area contributed by atoms with Crippen molar-refractivity contribution in [3.63, 3.8) is 0 Å². The number of carbonyl (C=O) groups excluding carboxylic acids is 2. The van der Waals surface area contributed by atoms with Crippen LogP contribution in [0, 0.1) is 17.2 Å². The predicted octanol–water partition coefficient (Wildman–Crippen LogP) is 1.41. The van der Waals surface area contributed by atoms with Gasteiger partial charge in [-0.1, -0.05) is 0 Å². The topological polar surface area (TPSA) is 91.5 Å². The minimum Gasteiger partial charge on any atom is -0.488 e. The number of hydrogen-bond donors (Lipinski definition) is 1. The number of rotatable bonds is 3. The predicted molar refractivity (Wildman–Crippen MR) is 101 cm³/mol. The van der Waals surface area contributed by atoms with Crippen molar-refractivity contribution < 1.29 is 14.3 Å². The van der Waals surface area contributed by atoms with Crippen LogP contribution >= 0.6 is 0 Å². The van der Waals surface area contributed by atoms with Crippen molar-refractivity contribution in [1.82, 2.24) is 14.5 Å². The van der Waals surface area contributed by atoms with Gasteiger partial charge in [-0.25, -0.2) is 4.98 Å². The van der Waals surface area contributed by atoms with E-state index in [4.69, 9.17) is 10.1 Å². The lowest BCUT2D eigenvalue weighted by molar-refractivity contribution is 0.0228. The fourth-order valence-electron chi connectivity index (χ4n) is 4.45. The molecule has 8 heteroatoms. The lowest BCUT2D eigenvalue weighted by atomic mass is 9.71. The van der Waals surface area contributed by atoms with Crippen LogP contribution in [0.5, 0.6) is 5.75 Å². The highest BCUT2D eigenvalue weighted by Gasteiger charge is 2.39. The molecule has 0 unspecified atom stereocenters.